The molecule has 1 unspecified atom stereocenters. The first-order valence-corrected chi connectivity index (χ1v) is 8.05. The van der Waals surface area contributed by atoms with Crippen molar-refractivity contribution in [2.24, 2.45) is 0 Å². The zero-order valence-corrected chi connectivity index (χ0v) is 13.7. The molecule has 0 aliphatic rings. The summed E-state index contributed by atoms with van der Waals surface area (Å²) in [4.78, 5) is 13.0. The van der Waals surface area contributed by atoms with Crippen molar-refractivity contribution in [2.75, 3.05) is 7.11 Å². The van der Waals surface area contributed by atoms with Gasteiger partial charge in [-0.2, -0.15) is 0 Å². The zero-order valence-electron chi connectivity index (χ0n) is 13.7. The lowest BCUT2D eigenvalue weighted by molar-refractivity contribution is 0.0959. The SMILES string of the molecule is COc1ccc(CC(C(=O)c2ccccc2)c2ccccc2)cc1. The largest absolute Gasteiger partial charge is 0.497 e. The molecule has 0 aliphatic carbocycles. The molecule has 0 saturated carbocycles. The first-order valence-electron chi connectivity index (χ1n) is 8.05. The summed E-state index contributed by atoms with van der Waals surface area (Å²) in [6.07, 6.45) is 0.668. The van der Waals surface area contributed by atoms with Crippen LogP contribution in [-0.4, -0.2) is 12.9 Å². The van der Waals surface area contributed by atoms with Crippen LogP contribution in [0, 0.1) is 0 Å². The fraction of sp³-hybridized carbons (Fsp3) is 0.136. The minimum absolute atomic E-state index is 0.151. The molecule has 0 amide bonds. The smallest absolute Gasteiger partial charge is 0.170 e. The highest BCUT2D eigenvalue weighted by atomic mass is 16.5. The minimum Gasteiger partial charge on any atom is -0.497 e. The van der Waals surface area contributed by atoms with E-state index in [9.17, 15) is 4.79 Å². The van der Waals surface area contributed by atoms with Crippen LogP contribution >= 0.6 is 0 Å². The van der Waals surface area contributed by atoms with Crippen LogP contribution in [0.1, 0.15) is 27.4 Å². The summed E-state index contributed by atoms with van der Waals surface area (Å²) in [5, 5.41) is 0. The summed E-state index contributed by atoms with van der Waals surface area (Å²) in [7, 11) is 1.65. The van der Waals surface area contributed by atoms with E-state index < -0.39 is 0 Å². The summed E-state index contributed by atoms with van der Waals surface area (Å²) in [6, 6.07) is 27.4. The van der Waals surface area contributed by atoms with E-state index in [0.29, 0.717) is 6.42 Å². The van der Waals surface area contributed by atoms with Gasteiger partial charge in [0, 0.05) is 5.56 Å². The topological polar surface area (TPSA) is 26.3 Å². The number of benzene rings is 3. The molecular formula is C22H20O2. The number of ketones is 1. The predicted octanol–water partition coefficient (Wildman–Crippen LogP) is 4.90. The minimum atomic E-state index is -0.193. The Bertz CT molecular complexity index is 777. The maximum atomic E-state index is 13.0. The average molecular weight is 316 g/mol. The average Bonchev–Trinajstić information content (AvgIpc) is 2.67. The Balaban J connectivity index is 1.91. The molecule has 0 heterocycles. The number of methoxy groups -OCH3 is 1. The molecule has 0 bridgehead atoms. The summed E-state index contributed by atoms with van der Waals surface area (Å²) < 4.78 is 5.21. The van der Waals surface area contributed by atoms with Gasteiger partial charge in [0.25, 0.3) is 0 Å². The number of ether oxygens (including phenoxy) is 1. The van der Waals surface area contributed by atoms with E-state index in [1.54, 1.807) is 7.11 Å². The lowest BCUT2D eigenvalue weighted by Gasteiger charge is -2.17. The van der Waals surface area contributed by atoms with Gasteiger partial charge in [0.1, 0.15) is 5.75 Å². The predicted molar refractivity (Wildman–Crippen MR) is 96.7 cm³/mol. The van der Waals surface area contributed by atoms with Crippen molar-refractivity contribution in [2.45, 2.75) is 12.3 Å². The standard InChI is InChI=1S/C22H20O2/c1-24-20-14-12-17(13-15-20)16-21(18-8-4-2-5-9-18)22(23)19-10-6-3-7-11-19/h2-15,21H,16H2,1H3. The number of hydrogen-bond acceptors (Lipinski definition) is 2. The second kappa shape index (κ2) is 7.60. The van der Waals surface area contributed by atoms with Gasteiger partial charge >= 0.3 is 0 Å². The second-order valence-corrected chi connectivity index (χ2v) is 5.75. The molecule has 120 valence electrons. The Morgan fingerprint density at radius 3 is 2.00 bits per heavy atom. The van der Waals surface area contributed by atoms with Crippen molar-refractivity contribution in [3.8, 4) is 5.75 Å². The van der Waals surface area contributed by atoms with Crippen LogP contribution in [0.5, 0.6) is 5.75 Å². The van der Waals surface area contributed by atoms with Gasteiger partial charge in [-0.15, -0.1) is 0 Å². The van der Waals surface area contributed by atoms with Gasteiger partial charge in [-0.25, -0.2) is 0 Å². The summed E-state index contributed by atoms with van der Waals surface area (Å²) in [6.45, 7) is 0. The number of hydrogen-bond donors (Lipinski definition) is 0. The van der Waals surface area contributed by atoms with E-state index in [-0.39, 0.29) is 11.7 Å². The van der Waals surface area contributed by atoms with Crippen molar-refractivity contribution in [1.82, 2.24) is 0 Å². The Hall–Kier alpha value is -2.87. The molecule has 1 atom stereocenters. The number of rotatable bonds is 6. The Kier molecular flexibility index (Phi) is 5.07. The summed E-state index contributed by atoms with van der Waals surface area (Å²) >= 11 is 0. The Morgan fingerprint density at radius 2 is 1.42 bits per heavy atom. The van der Waals surface area contributed by atoms with Gasteiger partial charge in [-0.3, -0.25) is 4.79 Å². The van der Waals surface area contributed by atoms with E-state index in [1.165, 1.54) is 0 Å². The lowest BCUT2D eigenvalue weighted by Crippen LogP contribution is -2.15. The quantitative estimate of drug-likeness (QED) is 0.604. The van der Waals surface area contributed by atoms with Crippen molar-refractivity contribution in [1.29, 1.82) is 0 Å². The van der Waals surface area contributed by atoms with Gasteiger partial charge in [-0.1, -0.05) is 72.8 Å². The lowest BCUT2D eigenvalue weighted by atomic mass is 9.85. The molecule has 24 heavy (non-hydrogen) atoms. The highest BCUT2D eigenvalue weighted by Crippen LogP contribution is 2.26. The van der Waals surface area contributed by atoms with Crippen LogP contribution in [0.3, 0.4) is 0 Å². The molecule has 0 aliphatic heterocycles. The fourth-order valence-electron chi connectivity index (χ4n) is 2.85. The molecule has 2 heteroatoms. The summed E-state index contributed by atoms with van der Waals surface area (Å²) in [5.41, 5.74) is 2.91. The maximum absolute atomic E-state index is 13.0. The van der Waals surface area contributed by atoms with Crippen LogP contribution in [-0.2, 0) is 6.42 Å². The van der Waals surface area contributed by atoms with E-state index >= 15 is 0 Å². The molecular weight excluding hydrogens is 296 g/mol. The molecule has 0 aromatic heterocycles. The van der Waals surface area contributed by atoms with Crippen LogP contribution in [0.2, 0.25) is 0 Å². The zero-order chi connectivity index (χ0) is 16.8. The van der Waals surface area contributed by atoms with Crippen molar-refractivity contribution >= 4 is 5.78 Å². The van der Waals surface area contributed by atoms with Gasteiger partial charge in [-0.05, 0) is 29.7 Å². The van der Waals surface area contributed by atoms with Gasteiger partial charge < -0.3 is 4.74 Å². The number of Topliss-reactive ketones (excluding diaryl/α,β-unsaturated/α-hetero) is 1. The monoisotopic (exact) mass is 316 g/mol. The molecule has 0 fully saturated rings. The molecule has 0 spiro atoms. The first kappa shape index (κ1) is 16.0. The highest BCUT2D eigenvalue weighted by Gasteiger charge is 2.22. The third-order valence-corrected chi connectivity index (χ3v) is 4.18. The van der Waals surface area contributed by atoms with E-state index in [2.05, 4.69) is 0 Å². The normalized spacial score (nSPS) is 11.7. The fourth-order valence-corrected chi connectivity index (χ4v) is 2.85. The molecule has 0 radical (unpaired) electrons. The Labute approximate surface area is 142 Å². The van der Waals surface area contributed by atoms with Crippen molar-refractivity contribution in [3.05, 3.63) is 102 Å². The third-order valence-electron chi connectivity index (χ3n) is 4.18. The number of carbonyl (C=O) groups is 1. The van der Waals surface area contributed by atoms with Gasteiger partial charge in [0.05, 0.1) is 13.0 Å². The molecule has 0 saturated heterocycles. The second-order valence-electron chi connectivity index (χ2n) is 5.75. The maximum Gasteiger partial charge on any atom is 0.170 e. The molecule has 3 aromatic carbocycles. The van der Waals surface area contributed by atoms with Gasteiger partial charge in [0.2, 0.25) is 0 Å². The van der Waals surface area contributed by atoms with Crippen LogP contribution in [0.25, 0.3) is 0 Å². The van der Waals surface area contributed by atoms with E-state index in [4.69, 9.17) is 4.74 Å². The third kappa shape index (κ3) is 3.72. The highest BCUT2D eigenvalue weighted by molar-refractivity contribution is 6.01. The number of carbonyl (C=O) groups excluding carboxylic acids is 1. The van der Waals surface area contributed by atoms with Gasteiger partial charge in [0.15, 0.2) is 5.78 Å². The Morgan fingerprint density at radius 1 is 0.833 bits per heavy atom. The van der Waals surface area contributed by atoms with Crippen molar-refractivity contribution in [3.63, 3.8) is 0 Å². The summed E-state index contributed by atoms with van der Waals surface area (Å²) in [5.74, 6) is 0.781. The van der Waals surface area contributed by atoms with Crippen LogP contribution in [0.15, 0.2) is 84.9 Å². The van der Waals surface area contributed by atoms with Crippen LogP contribution < -0.4 is 4.74 Å². The molecule has 3 rings (SSSR count). The van der Waals surface area contributed by atoms with E-state index in [1.807, 2.05) is 84.9 Å². The van der Waals surface area contributed by atoms with E-state index in [0.717, 1.165) is 22.4 Å². The van der Waals surface area contributed by atoms with Crippen LogP contribution in [0.4, 0.5) is 0 Å². The van der Waals surface area contributed by atoms with Crippen molar-refractivity contribution < 1.29 is 9.53 Å². The molecule has 3 aromatic rings. The first-order chi connectivity index (χ1) is 11.8. The molecule has 0 N–H and O–H groups in total. The molecule has 2 nitrogen and oxygen atoms in total.